The molecule has 0 spiro atoms. The van der Waals surface area contributed by atoms with E-state index in [4.69, 9.17) is 5.11 Å². The maximum Gasteiger partial charge on any atom is 0.394 e. The number of amides is 1. The fraction of sp³-hybridized carbons (Fsp3) is 0.333. The highest BCUT2D eigenvalue weighted by Gasteiger charge is 2.16. The van der Waals surface area contributed by atoms with E-state index < -0.39 is 17.9 Å². The smallest absolute Gasteiger partial charge is 0.394 e. The van der Waals surface area contributed by atoms with E-state index in [0.717, 1.165) is 0 Å². The van der Waals surface area contributed by atoms with Crippen molar-refractivity contribution < 1.29 is 14.7 Å². The third kappa shape index (κ3) is 2.26. The van der Waals surface area contributed by atoms with Gasteiger partial charge in [0.15, 0.2) is 0 Å². The normalized spacial score (nSPS) is 12.1. The summed E-state index contributed by atoms with van der Waals surface area (Å²) in [6.07, 6.45) is 1.28. The number of carboxylic acids is 1. The first-order valence-corrected chi connectivity index (χ1v) is 3.50. The molecule has 0 saturated heterocycles. The van der Waals surface area contributed by atoms with Crippen LogP contribution < -0.4 is 5.32 Å². The quantitative estimate of drug-likeness (QED) is 0.514. The lowest BCUT2D eigenvalue weighted by atomic mass is 10.3. The van der Waals surface area contributed by atoms with Gasteiger partial charge in [-0.1, -0.05) is 0 Å². The Morgan fingerprint density at radius 1 is 1.69 bits per heavy atom. The Kier molecular flexibility index (Phi) is 2.58. The summed E-state index contributed by atoms with van der Waals surface area (Å²) >= 11 is 0. The Morgan fingerprint density at radius 3 is 2.85 bits per heavy atom. The topological polar surface area (TPSA) is 108 Å². The summed E-state index contributed by atoms with van der Waals surface area (Å²) in [7, 11) is 0. The van der Waals surface area contributed by atoms with Crippen LogP contribution in [0.5, 0.6) is 0 Å². The van der Waals surface area contributed by atoms with Crippen LogP contribution in [0, 0.1) is 0 Å². The zero-order chi connectivity index (χ0) is 9.84. The first-order valence-electron chi connectivity index (χ1n) is 3.50. The number of carboxylic acid groups (broad SMARTS) is 1. The van der Waals surface area contributed by atoms with Crippen molar-refractivity contribution in [2.75, 3.05) is 0 Å². The number of carbonyl (C=O) groups excluding carboxylic acids is 1. The lowest BCUT2D eigenvalue weighted by molar-refractivity contribution is -0.150. The van der Waals surface area contributed by atoms with Crippen LogP contribution in [0.15, 0.2) is 6.33 Å². The van der Waals surface area contributed by atoms with Crippen molar-refractivity contribution in [3.05, 3.63) is 12.2 Å². The predicted molar refractivity (Wildman–Crippen MR) is 40.6 cm³/mol. The molecule has 1 unspecified atom stereocenters. The molecule has 0 aliphatic carbocycles. The molecule has 0 radical (unpaired) electrons. The van der Waals surface area contributed by atoms with Crippen molar-refractivity contribution in [3.8, 4) is 0 Å². The number of aliphatic carboxylic acids is 1. The second-order valence-electron chi connectivity index (χ2n) is 2.37. The van der Waals surface area contributed by atoms with Crippen LogP contribution in [-0.4, -0.2) is 32.2 Å². The number of hydrogen-bond donors (Lipinski definition) is 3. The molecule has 7 nitrogen and oxygen atoms in total. The molecule has 0 aliphatic heterocycles. The molecule has 0 saturated carbocycles. The molecule has 1 amide bonds. The molecule has 3 N–H and O–H groups in total. The van der Waals surface area contributed by atoms with Gasteiger partial charge in [-0.05, 0) is 6.92 Å². The van der Waals surface area contributed by atoms with E-state index in [0.29, 0.717) is 5.82 Å². The average Bonchev–Trinajstić information content (AvgIpc) is 2.55. The molecule has 0 bridgehead atoms. The molecule has 0 aromatic carbocycles. The molecule has 1 rings (SSSR count). The molecule has 7 heteroatoms. The van der Waals surface area contributed by atoms with Crippen molar-refractivity contribution in [1.29, 1.82) is 0 Å². The largest absolute Gasteiger partial charge is 0.474 e. The van der Waals surface area contributed by atoms with E-state index in [-0.39, 0.29) is 0 Å². The molecular weight excluding hydrogens is 176 g/mol. The van der Waals surface area contributed by atoms with E-state index >= 15 is 0 Å². The van der Waals surface area contributed by atoms with E-state index in [1.54, 1.807) is 6.92 Å². The maximum atomic E-state index is 10.7. The number of nitrogens with zero attached hydrogens (tertiary/aromatic N) is 2. The number of aromatic amines is 1. The second kappa shape index (κ2) is 3.65. The lowest BCUT2D eigenvalue weighted by Crippen LogP contribution is -2.33. The van der Waals surface area contributed by atoms with Gasteiger partial charge in [0.2, 0.25) is 0 Å². The van der Waals surface area contributed by atoms with Crippen molar-refractivity contribution in [2.45, 2.75) is 13.0 Å². The minimum absolute atomic E-state index is 0.412. The fourth-order valence-corrected chi connectivity index (χ4v) is 0.750. The minimum Gasteiger partial charge on any atom is -0.474 e. The number of aromatic nitrogens is 3. The lowest BCUT2D eigenvalue weighted by Gasteiger charge is -2.07. The van der Waals surface area contributed by atoms with Crippen LogP contribution in [0.2, 0.25) is 0 Å². The Morgan fingerprint density at radius 2 is 2.38 bits per heavy atom. The van der Waals surface area contributed by atoms with Gasteiger partial charge in [-0.3, -0.25) is 9.89 Å². The van der Waals surface area contributed by atoms with Crippen LogP contribution in [0.25, 0.3) is 0 Å². The van der Waals surface area contributed by atoms with Crippen LogP contribution in [0.4, 0.5) is 0 Å². The standard InChI is InChI=1S/C6H8N4O3/c1-3(4-7-2-8-10-4)9-5(11)6(12)13/h2-3H,1H3,(H,9,11)(H,12,13)(H,7,8,10). The van der Waals surface area contributed by atoms with E-state index in [1.165, 1.54) is 6.33 Å². The van der Waals surface area contributed by atoms with Gasteiger partial charge in [0.1, 0.15) is 12.2 Å². The molecule has 70 valence electrons. The van der Waals surface area contributed by atoms with Crippen molar-refractivity contribution in [1.82, 2.24) is 20.5 Å². The van der Waals surface area contributed by atoms with Gasteiger partial charge in [0, 0.05) is 0 Å². The van der Waals surface area contributed by atoms with Gasteiger partial charge in [-0.25, -0.2) is 9.78 Å². The number of rotatable bonds is 2. The first kappa shape index (κ1) is 9.17. The van der Waals surface area contributed by atoms with Crippen molar-refractivity contribution >= 4 is 11.9 Å². The Labute approximate surface area is 73.2 Å². The third-order valence-electron chi connectivity index (χ3n) is 1.39. The van der Waals surface area contributed by atoms with Gasteiger partial charge in [0.05, 0.1) is 6.04 Å². The first-order chi connectivity index (χ1) is 6.11. The minimum atomic E-state index is -1.52. The summed E-state index contributed by atoms with van der Waals surface area (Å²) in [5, 5.41) is 16.6. The van der Waals surface area contributed by atoms with Crippen LogP contribution in [-0.2, 0) is 9.59 Å². The fourth-order valence-electron chi connectivity index (χ4n) is 0.750. The van der Waals surface area contributed by atoms with E-state index in [2.05, 4.69) is 20.5 Å². The molecule has 1 aromatic rings. The highest BCUT2D eigenvalue weighted by Crippen LogP contribution is 2.02. The maximum absolute atomic E-state index is 10.7. The van der Waals surface area contributed by atoms with E-state index in [1.807, 2.05) is 0 Å². The van der Waals surface area contributed by atoms with Gasteiger partial charge in [0.25, 0.3) is 0 Å². The Balaban J connectivity index is 2.56. The summed E-state index contributed by atoms with van der Waals surface area (Å²) < 4.78 is 0. The summed E-state index contributed by atoms with van der Waals surface area (Å²) in [5.74, 6) is -2.18. The predicted octanol–water partition coefficient (Wildman–Crippen LogP) is -0.934. The number of H-pyrrole nitrogens is 1. The van der Waals surface area contributed by atoms with Crippen molar-refractivity contribution in [3.63, 3.8) is 0 Å². The zero-order valence-electron chi connectivity index (χ0n) is 6.81. The Bertz CT molecular complexity index is 308. The highest BCUT2D eigenvalue weighted by atomic mass is 16.4. The van der Waals surface area contributed by atoms with Crippen LogP contribution >= 0.6 is 0 Å². The molecular formula is C6H8N4O3. The number of hydrogen-bond acceptors (Lipinski definition) is 4. The molecule has 1 aromatic heterocycles. The summed E-state index contributed by atoms with van der Waals surface area (Å²) in [4.78, 5) is 24.6. The van der Waals surface area contributed by atoms with Gasteiger partial charge < -0.3 is 10.4 Å². The van der Waals surface area contributed by atoms with Gasteiger partial charge in [-0.15, -0.1) is 0 Å². The van der Waals surface area contributed by atoms with Gasteiger partial charge >= 0.3 is 11.9 Å². The second-order valence-corrected chi connectivity index (χ2v) is 2.37. The molecule has 1 atom stereocenters. The molecule has 13 heavy (non-hydrogen) atoms. The monoisotopic (exact) mass is 184 g/mol. The van der Waals surface area contributed by atoms with Crippen LogP contribution in [0.1, 0.15) is 18.8 Å². The SMILES string of the molecule is CC(NC(=O)C(=O)O)c1ncn[nH]1. The zero-order valence-corrected chi connectivity index (χ0v) is 6.81. The Hall–Kier alpha value is -1.92. The molecule has 1 heterocycles. The van der Waals surface area contributed by atoms with Crippen molar-refractivity contribution in [2.24, 2.45) is 0 Å². The number of carbonyl (C=O) groups is 2. The average molecular weight is 184 g/mol. The summed E-state index contributed by atoms with van der Waals surface area (Å²) in [6, 6.07) is -0.494. The van der Waals surface area contributed by atoms with E-state index in [9.17, 15) is 9.59 Å². The van der Waals surface area contributed by atoms with Gasteiger partial charge in [-0.2, -0.15) is 5.10 Å². The third-order valence-corrected chi connectivity index (χ3v) is 1.39. The summed E-state index contributed by atoms with van der Waals surface area (Å²) in [5.41, 5.74) is 0. The van der Waals surface area contributed by atoms with Crippen LogP contribution in [0.3, 0.4) is 0 Å². The molecule has 0 aliphatic rings. The highest BCUT2D eigenvalue weighted by molar-refractivity contribution is 6.31. The number of nitrogens with one attached hydrogen (secondary N) is 2. The summed E-state index contributed by atoms with van der Waals surface area (Å²) in [6.45, 7) is 1.60. The molecule has 0 fully saturated rings.